The molecule has 2 fully saturated rings. The molecule has 1 saturated heterocycles. The highest BCUT2D eigenvalue weighted by atomic mass is 16.5. The van der Waals surface area contributed by atoms with Gasteiger partial charge in [-0.1, -0.05) is 19.1 Å². The van der Waals surface area contributed by atoms with Gasteiger partial charge in [-0.05, 0) is 74.5 Å². The van der Waals surface area contributed by atoms with Crippen LogP contribution in [-0.2, 0) is 20.9 Å². The largest absolute Gasteiger partial charge is 0.379 e. The van der Waals surface area contributed by atoms with E-state index in [4.69, 9.17) is 9.72 Å². The second kappa shape index (κ2) is 14.7. The molecule has 10 nitrogen and oxygen atoms in total. The van der Waals surface area contributed by atoms with Gasteiger partial charge >= 0.3 is 0 Å². The number of ether oxygens (including phenoxy) is 1. The molecule has 0 spiro atoms. The fourth-order valence-electron chi connectivity index (χ4n) is 7.06. The molecule has 3 heterocycles. The standard InChI is InChI=1S/C35H50N6O4/c1-22-16-23(2)38-35(44)32(22)20-37-34(43)31-17-27(26-6-7-29(36-19-26)21-41-12-14-45-15-13-41)18-33(24(31)3)40(5)30-10-8-28(9-11-30)39-25(4)42/h6-7,16-19,24,28,30-31,35,38,44H,8-15,20-21H2,1-5H3,(H,37,43)(H,39,42). The van der Waals surface area contributed by atoms with Crippen LogP contribution >= 0.6 is 0 Å². The highest BCUT2D eigenvalue weighted by Gasteiger charge is 2.35. The average molecular weight is 619 g/mol. The van der Waals surface area contributed by atoms with E-state index in [0.717, 1.165) is 97.9 Å². The van der Waals surface area contributed by atoms with Crippen molar-refractivity contribution >= 4 is 17.4 Å². The molecule has 0 aromatic carbocycles. The fraction of sp³-hybridized carbons (Fsp3) is 0.571. The number of carbonyl (C=O) groups is 2. The number of nitrogens with one attached hydrogen (secondary N) is 3. The third kappa shape index (κ3) is 8.23. The summed E-state index contributed by atoms with van der Waals surface area (Å²) < 4.78 is 5.48. The van der Waals surface area contributed by atoms with E-state index >= 15 is 0 Å². The smallest absolute Gasteiger partial charge is 0.227 e. The minimum Gasteiger partial charge on any atom is -0.379 e. The molecule has 1 aromatic heterocycles. The zero-order chi connectivity index (χ0) is 32.1. The number of allylic oxidation sites excluding steroid dienone is 6. The Hall–Kier alpha value is -3.47. The van der Waals surface area contributed by atoms with Crippen molar-refractivity contribution in [3.63, 3.8) is 0 Å². The van der Waals surface area contributed by atoms with Crippen molar-refractivity contribution in [3.8, 4) is 0 Å². The van der Waals surface area contributed by atoms with Crippen LogP contribution < -0.4 is 16.0 Å². The van der Waals surface area contributed by atoms with E-state index in [9.17, 15) is 14.7 Å². The first-order valence-electron chi connectivity index (χ1n) is 16.4. The van der Waals surface area contributed by atoms with E-state index in [0.29, 0.717) is 6.04 Å². The molecule has 5 rings (SSSR count). The maximum atomic E-state index is 13.9. The summed E-state index contributed by atoms with van der Waals surface area (Å²) in [7, 11) is 2.14. The second-order valence-electron chi connectivity index (χ2n) is 13.0. The van der Waals surface area contributed by atoms with E-state index in [2.05, 4.69) is 64.0 Å². The topological polar surface area (TPSA) is 119 Å². The molecule has 2 aliphatic carbocycles. The Morgan fingerprint density at radius 3 is 2.51 bits per heavy atom. The number of amides is 2. The van der Waals surface area contributed by atoms with Gasteiger partial charge in [-0.2, -0.15) is 0 Å². The first-order chi connectivity index (χ1) is 21.6. The number of hydrogen-bond donors (Lipinski definition) is 4. The Bertz CT molecular complexity index is 1350. The highest BCUT2D eigenvalue weighted by molar-refractivity contribution is 5.87. The number of aliphatic hydroxyl groups excluding tert-OH is 1. The second-order valence-corrected chi connectivity index (χ2v) is 13.0. The van der Waals surface area contributed by atoms with E-state index in [1.165, 1.54) is 0 Å². The van der Waals surface area contributed by atoms with Gasteiger partial charge in [-0.3, -0.25) is 19.5 Å². The molecular formula is C35H50N6O4. The van der Waals surface area contributed by atoms with E-state index < -0.39 is 12.1 Å². The van der Waals surface area contributed by atoms with Gasteiger partial charge in [-0.15, -0.1) is 0 Å². The van der Waals surface area contributed by atoms with Gasteiger partial charge in [0, 0.05) is 81.3 Å². The van der Waals surface area contributed by atoms with Gasteiger partial charge in [0.05, 0.1) is 24.8 Å². The quantitative estimate of drug-likeness (QED) is 0.334. The fourth-order valence-corrected chi connectivity index (χ4v) is 7.06. The average Bonchev–Trinajstić information content (AvgIpc) is 3.01. The predicted octanol–water partition coefficient (Wildman–Crippen LogP) is 3.08. The van der Waals surface area contributed by atoms with Crippen LogP contribution in [0, 0.1) is 11.8 Å². The van der Waals surface area contributed by atoms with E-state index in [1.54, 1.807) is 6.92 Å². The molecular weight excluding hydrogens is 568 g/mol. The molecule has 1 saturated carbocycles. The third-order valence-electron chi connectivity index (χ3n) is 9.76. The molecule has 244 valence electrons. The highest BCUT2D eigenvalue weighted by Crippen LogP contribution is 2.37. The summed E-state index contributed by atoms with van der Waals surface area (Å²) in [6.07, 6.45) is 11.2. The summed E-state index contributed by atoms with van der Waals surface area (Å²) in [5.41, 5.74) is 6.75. The van der Waals surface area contributed by atoms with Gasteiger partial charge in [0.2, 0.25) is 11.8 Å². The van der Waals surface area contributed by atoms with Gasteiger partial charge < -0.3 is 30.7 Å². The Labute approximate surface area is 267 Å². The van der Waals surface area contributed by atoms with Crippen molar-refractivity contribution in [2.75, 3.05) is 39.9 Å². The van der Waals surface area contributed by atoms with Crippen molar-refractivity contribution in [1.82, 2.24) is 30.7 Å². The monoisotopic (exact) mass is 618 g/mol. The molecule has 0 radical (unpaired) electrons. The van der Waals surface area contributed by atoms with Crippen molar-refractivity contribution in [2.45, 2.75) is 78.2 Å². The zero-order valence-corrected chi connectivity index (χ0v) is 27.4. The molecule has 45 heavy (non-hydrogen) atoms. The van der Waals surface area contributed by atoms with Gasteiger partial charge in [-0.25, -0.2) is 0 Å². The molecule has 0 bridgehead atoms. The van der Waals surface area contributed by atoms with Crippen LogP contribution in [0.4, 0.5) is 0 Å². The van der Waals surface area contributed by atoms with Gasteiger partial charge in [0.15, 0.2) is 0 Å². The third-order valence-corrected chi connectivity index (χ3v) is 9.76. The van der Waals surface area contributed by atoms with Crippen LogP contribution in [0.1, 0.15) is 64.6 Å². The number of pyridine rings is 1. The summed E-state index contributed by atoms with van der Waals surface area (Å²) in [5.74, 6) is -0.480. The number of aromatic nitrogens is 1. The van der Waals surface area contributed by atoms with Crippen LogP contribution in [0.5, 0.6) is 0 Å². The zero-order valence-electron chi connectivity index (χ0n) is 27.4. The molecule has 3 atom stereocenters. The molecule has 4 aliphatic rings. The lowest BCUT2D eigenvalue weighted by atomic mass is 9.80. The van der Waals surface area contributed by atoms with Crippen LogP contribution in [0.2, 0.25) is 0 Å². The van der Waals surface area contributed by atoms with E-state index in [-0.39, 0.29) is 30.3 Å². The normalized spacial score (nSPS) is 27.5. The maximum absolute atomic E-state index is 13.9. The number of rotatable bonds is 9. The number of carbonyl (C=O) groups excluding carboxylic acids is 2. The van der Waals surface area contributed by atoms with Crippen molar-refractivity contribution in [3.05, 3.63) is 70.4 Å². The SMILES string of the molecule is CC(=O)NC1CCC(N(C)C2=CC(c3ccc(CN4CCOCC4)nc3)=CC(C(=O)NCC3=C(C)C=C(C)NC3O)C2C)CC1. The van der Waals surface area contributed by atoms with Crippen LogP contribution in [0.25, 0.3) is 5.57 Å². The van der Waals surface area contributed by atoms with Gasteiger partial charge in [0.1, 0.15) is 6.23 Å². The number of nitrogens with zero attached hydrogens (tertiary/aromatic N) is 3. The first-order valence-corrected chi connectivity index (χ1v) is 16.4. The summed E-state index contributed by atoms with van der Waals surface area (Å²) in [6.45, 7) is 12.0. The van der Waals surface area contributed by atoms with Crippen LogP contribution in [0.3, 0.4) is 0 Å². The predicted molar refractivity (Wildman–Crippen MR) is 175 cm³/mol. The Morgan fingerprint density at radius 1 is 1.13 bits per heavy atom. The lowest BCUT2D eigenvalue weighted by Gasteiger charge is -2.41. The summed E-state index contributed by atoms with van der Waals surface area (Å²) >= 11 is 0. The lowest BCUT2D eigenvalue weighted by molar-refractivity contribution is -0.124. The molecule has 2 amide bonds. The number of aliphatic hydroxyl groups is 1. The van der Waals surface area contributed by atoms with Crippen molar-refractivity contribution in [2.24, 2.45) is 11.8 Å². The Morgan fingerprint density at radius 2 is 1.87 bits per heavy atom. The van der Waals surface area contributed by atoms with Gasteiger partial charge in [0.25, 0.3) is 0 Å². The van der Waals surface area contributed by atoms with Crippen LogP contribution in [0.15, 0.2) is 59.1 Å². The van der Waals surface area contributed by atoms with E-state index in [1.807, 2.05) is 26.1 Å². The minimum atomic E-state index is -0.818. The molecule has 3 unspecified atom stereocenters. The number of morpholine rings is 1. The Kier molecular flexibility index (Phi) is 10.8. The summed E-state index contributed by atoms with van der Waals surface area (Å²) in [4.78, 5) is 35.0. The molecule has 10 heteroatoms. The number of hydrogen-bond acceptors (Lipinski definition) is 8. The minimum absolute atomic E-state index is 0.0252. The summed E-state index contributed by atoms with van der Waals surface area (Å²) in [6, 6.07) is 4.75. The lowest BCUT2D eigenvalue weighted by Crippen LogP contribution is -2.45. The van der Waals surface area contributed by atoms with Crippen molar-refractivity contribution in [1.29, 1.82) is 0 Å². The summed E-state index contributed by atoms with van der Waals surface area (Å²) in [5, 5.41) is 19.9. The van der Waals surface area contributed by atoms with Crippen LogP contribution in [-0.4, -0.2) is 89.9 Å². The molecule has 4 N–H and O–H groups in total. The Balaban J connectivity index is 1.36. The molecule has 1 aromatic rings. The maximum Gasteiger partial charge on any atom is 0.227 e. The molecule has 2 aliphatic heterocycles. The number of dihydropyridines is 1. The first kappa shape index (κ1) is 32.9. The van der Waals surface area contributed by atoms with Crippen molar-refractivity contribution < 1.29 is 19.4 Å².